The average molecular weight is 408 g/mol. The van der Waals surface area contributed by atoms with Crippen LogP contribution in [-0.2, 0) is 41.7 Å². The molecule has 0 atom stereocenters. The minimum Gasteiger partial charge on any atom is -0.361 e. The van der Waals surface area contributed by atoms with Crippen molar-refractivity contribution in [3.8, 4) is 0 Å². The monoisotopic (exact) mass is 407 g/mol. The van der Waals surface area contributed by atoms with Crippen molar-refractivity contribution < 1.29 is 12.9 Å². The Morgan fingerprint density at radius 3 is 2.50 bits per heavy atom. The fourth-order valence-corrected chi connectivity index (χ4v) is 3.60. The van der Waals surface area contributed by atoms with Crippen LogP contribution in [0.2, 0.25) is 0 Å². The average Bonchev–Trinajstić information content (AvgIpc) is 3.10. The first-order valence-corrected chi connectivity index (χ1v) is 11.0. The third-order valence-corrected chi connectivity index (χ3v) is 5.72. The van der Waals surface area contributed by atoms with E-state index in [0.29, 0.717) is 19.0 Å². The Bertz CT molecular complexity index is 885. The van der Waals surface area contributed by atoms with Crippen LogP contribution < -0.4 is 15.4 Å². The first-order valence-electron chi connectivity index (χ1n) is 9.32. The van der Waals surface area contributed by atoms with Crippen LogP contribution in [0.4, 0.5) is 0 Å². The van der Waals surface area contributed by atoms with Gasteiger partial charge in [-0.3, -0.25) is 4.99 Å². The van der Waals surface area contributed by atoms with Crippen LogP contribution in [0.25, 0.3) is 0 Å². The van der Waals surface area contributed by atoms with Crippen molar-refractivity contribution in [1.29, 1.82) is 0 Å². The van der Waals surface area contributed by atoms with Crippen molar-refractivity contribution in [3.05, 3.63) is 52.4 Å². The predicted molar refractivity (Wildman–Crippen MR) is 110 cm³/mol. The van der Waals surface area contributed by atoms with E-state index < -0.39 is 10.0 Å². The van der Waals surface area contributed by atoms with Crippen LogP contribution in [0, 0.1) is 0 Å². The van der Waals surface area contributed by atoms with Gasteiger partial charge in [-0.2, -0.15) is 0 Å². The molecule has 3 N–H and O–H groups in total. The number of sulfonamides is 1. The van der Waals surface area contributed by atoms with Crippen LogP contribution in [0.3, 0.4) is 0 Å². The van der Waals surface area contributed by atoms with E-state index in [1.54, 1.807) is 13.1 Å². The van der Waals surface area contributed by atoms with Crippen molar-refractivity contribution in [1.82, 2.24) is 20.5 Å². The molecule has 1 aromatic heterocycles. The van der Waals surface area contributed by atoms with Gasteiger partial charge in [0.15, 0.2) is 5.96 Å². The Morgan fingerprint density at radius 1 is 1.14 bits per heavy atom. The van der Waals surface area contributed by atoms with Gasteiger partial charge in [-0.15, -0.1) is 0 Å². The highest BCUT2D eigenvalue weighted by atomic mass is 32.2. The van der Waals surface area contributed by atoms with Gasteiger partial charge in [-0.25, -0.2) is 13.1 Å². The number of aromatic nitrogens is 1. The molecule has 0 amide bonds. The molecule has 9 heteroatoms. The summed E-state index contributed by atoms with van der Waals surface area (Å²) in [7, 11) is -0.168. The smallest absolute Gasteiger partial charge is 0.215 e. The van der Waals surface area contributed by atoms with Gasteiger partial charge in [0.2, 0.25) is 10.0 Å². The van der Waals surface area contributed by atoms with Crippen molar-refractivity contribution in [2.45, 2.75) is 45.5 Å². The molecule has 0 aliphatic rings. The van der Waals surface area contributed by atoms with Gasteiger partial charge in [0.25, 0.3) is 0 Å². The molecule has 0 spiro atoms. The van der Waals surface area contributed by atoms with Gasteiger partial charge in [0.05, 0.1) is 11.4 Å². The number of nitrogens with zero attached hydrogens (tertiary/aromatic N) is 2. The standard InChI is InChI=1S/C19H29N5O3S/c1-5-17-16(18(6-2)27-24-17)12-23-19(20-3)22-11-14-8-7-9-15(10-14)13-28(25,26)21-4/h7-10,21H,5-6,11-13H2,1-4H3,(H2,20,22,23). The van der Waals surface area contributed by atoms with Crippen molar-refractivity contribution >= 4 is 16.0 Å². The van der Waals surface area contributed by atoms with Crippen molar-refractivity contribution in [2.24, 2.45) is 4.99 Å². The lowest BCUT2D eigenvalue weighted by Gasteiger charge is -2.13. The van der Waals surface area contributed by atoms with E-state index in [4.69, 9.17) is 4.52 Å². The molecular weight excluding hydrogens is 378 g/mol. The summed E-state index contributed by atoms with van der Waals surface area (Å²) in [4.78, 5) is 4.25. The number of aryl methyl sites for hydroxylation is 2. The summed E-state index contributed by atoms with van der Waals surface area (Å²) in [5.41, 5.74) is 3.74. The maximum Gasteiger partial charge on any atom is 0.215 e. The van der Waals surface area contributed by atoms with E-state index >= 15 is 0 Å². The van der Waals surface area contributed by atoms with E-state index in [-0.39, 0.29) is 5.75 Å². The zero-order valence-corrected chi connectivity index (χ0v) is 17.7. The first-order chi connectivity index (χ1) is 13.4. The number of benzene rings is 1. The lowest BCUT2D eigenvalue weighted by atomic mass is 10.1. The van der Waals surface area contributed by atoms with Crippen LogP contribution in [0.15, 0.2) is 33.8 Å². The zero-order chi connectivity index (χ0) is 20.6. The Kier molecular flexibility index (Phi) is 8.01. The fraction of sp³-hybridized carbons (Fsp3) is 0.474. The molecule has 2 rings (SSSR count). The molecule has 0 aliphatic carbocycles. The summed E-state index contributed by atoms with van der Waals surface area (Å²) in [5, 5.41) is 10.7. The molecule has 0 saturated carbocycles. The minimum atomic E-state index is -3.29. The molecule has 2 aromatic rings. The van der Waals surface area contributed by atoms with Crippen LogP contribution in [0.1, 0.15) is 42.0 Å². The molecule has 0 bridgehead atoms. The van der Waals surface area contributed by atoms with Crippen molar-refractivity contribution in [3.63, 3.8) is 0 Å². The number of nitrogens with one attached hydrogen (secondary N) is 3. The SMILES string of the molecule is CCc1noc(CC)c1CNC(=NC)NCc1cccc(CS(=O)(=O)NC)c1. The largest absolute Gasteiger partial charge is 0.361 e. The second-order valence-corrected chi connectivity index (χ2v) is 8.23. The number of hydrogen-bond donors (Lipinski definition) is 3. The zero-order valence-electron chi connectivity index (χ0n) is 16.9. The van der Waals surface area contributed by atoms with Gasteiger partial charge >= 0.3 is 0 Å². The highest BCUT2D eigenvalue weighted by Gasteiger charge is 2.14. The summed E-state index contributed by atoms with van der Waals surface area (Å²) >= 11 is 0. The molecule has 1 heterocycles. The molecule has 8 nitrogen and oxygen atoms in total. The third kappa shape index (κ3) is 6.07. The van der Waals surface area contributed by atoms with Crippen molar-refractivity contribution in [2.75, 3.05) is 14.1 Å². The third-order valence-electron chi connectivity index (χ3n) is 4.38. The topological polar surface area (TPSA) is 109 Å². The maximum atomic E-state index is 11.7. The molecule has 154 valence electrons. The highest BCUT2D eigenvalue weighted by molar-refractivity contribution is 7.88. The summed E-state index contributed by atoms with van der Waals surface area (Å²) in [6.07, 6.45) is 1.60. The fourth-order valence-electron chi connectivity index (χ4n) is 2.84. The molecule has 0 aliphatic heterocycles. The summed E-state index contributed by atoms with van der Waals surface area (Å²) in [6, 6.07) is 7.47. The second-order valence-electron chi connectivity index (χ2n) is 6.30. The molecule has 1 aromatic carbocycles. The minimum absolute atomic E-state index is 0.0443. The first kappa shape index (κ1) is 21.9. The van der Waals surface area contributed by atoms with E-state index in [1.165, 1.54) is 7.05 Å². The Morgan fingerprint density at radius 2 is 1.86 bits per heavy atom. The summed E-state index contributed by atoms with van der Waals surface area (Å²) < 4.78 is 31.2. The maximum absolute atomic E-state index is 11.7. The Labute approximate surface area is 166 Å². The van der Waals surface area contributed by atoms with E-state index in [0.717, 1.165) is 41.0 Å². The second kappa shape index (κ2) is 10.2. The molecule has 28 heavy (non-hydrogen) atoms. The van der Waals surface area contributed by atoms with E-state index in [1.807, 2.05) is 25.1 Å². The lowest BCUT2D eigenvalue weighted by molar-refractivity contribution is 0.380. The Balaban J connectivity index is 1.97. The van der Waals surface area contributed by atoms with Gasteiger partial charge in [0.1, 0.15) is 5.76 Å². The number of rotatable bonds is 9. The van der Waals surface area contributed by atoms with Gasteiger partial charge in [-0.1, -0.05) is 43.3 Å². The number of guanidine groups is 1. The van der Waals surface area contributed by atoms with E-state index in [9.17, 15) is 8.42 Å². The molecular formula is C19H29N5O3S. The van der Waals surface area contributed by atoms with Crippen LogP contribution in [0.5, 0.6) is 0 Å². The van der Waals surface area contributed by atoms with Gasteiger partial charge < -0.3 is 15.2 Å². The lowest BCUT2D eigenvalue weighted by Crippen LogP contribution is -2.36. The number of aliphatic imine (C=N–C) groups is 1. The summed E-state index contributed by atoms with van der Waals surface area (Å²) in [5.74, 6) is 1.49. The van der Waals surface area contributed by atoms with Gasteiger partial charge in [-0.05, 0) is 24.6 Å². The van der Waals surface area contributed by atoms with Crippen LogP contribution >= 0.6 is 0 Å². The van der Waals surface area contributed by atoms with Gasteiger partial charge in [0, 0.05) is 32.1 Å². The van der Waals surface area contributed by atoms with E-state index in [2.05, 4.69) is 32.4 Å². The quantitative estimate of drug-likeness (QED) is 0.431. The molecule has 0 radical (unpaired) electrons. The highest BCUT2D eigenvalue weighted by Crippen LogP contribution is 2.15. The molecule has 0 unspecified atom stereocenters. The normalized spacial score (nSPS) is 12.2. The molecule has 0 fully saturated rings. The molecule has 0 saturated heterocycles. The number of hydrogen-bond acceptors (Lipinski definition) is 5. The Hall–Kier alpha value is -2.39. The predicted octanol–water partition coefficient (Wildman–Crippen LogP) is 1.71. The summed E-state index contributed by atoms with van der Waals surface area (Å²) in [6.45, 7) is 5.20. The van der Waals surface area contributed by atoms with Crippen LogP contribution in [-0.4, -0.2) is 33.6 Å².